The second-order valence-corrected chi connectivity index (χ2v) is 0.344. The molecule has 0 N–H and O–H groups in total. The van der Waals surface area contributed by atoms with Gasteiger partial charge < -0.3 is 0 Å². The van der Waals surface area contributed by atoms with Crippen LogP contribution < -0.4 is 0 Å². The normalized spacial score (nSPS) is 2.00. The van der Waals surface area contributed by atoms with Gasteiger partial charge in [-0.15, -0.1) is 0 Å². The molecule has 0 aliphatic carbocycles. The van der Waals surface area contributed by atoms with Crippen LogP contribution in [0.5, 0.6) is 0 Å². The molecule has 0 aromatic carbocycles. The maximum atomic E-state index is 8.50. The molecule has 0 saturated carbocycles. The minimum atomic E-state index is -2.00. The van der Waals surface area contributed by atoms with Crippen molar-refractivity contribution in [2.24, 2.45) is 0 Å². The predicted molar refractivity (Wildman–Crippen MR) is 11.3 cm³/mol. The van der Waals surface area contributed by atoms with E-state index in [1.165, 1.54) is 0 Å². The van der Waals surface area contributed by atoms with Gasteiger partial charge >= 0.3 is 45.5 Å². The Morgan fingerprint density at radius 3 is 1.25 bits per heavy atom. The molecule has 22 valence electrons. The van der Waals surface area contributed by atoms with Crippen LogP contribution in [0.2, 0.25) is 0 Å². The number of hydrogen-bond acceptors (Lipinski definition) is 2. The van der Waals surface area contributed by atoms with Gasteiger partial charge in [-0.3, -0.25) is 0 Å². The van der Waals surface area contributed by atoms with Gasteiger partial charge in [-0.05, 0) is 0 Å². The summed E-state index contributed by atoms with van der Waals surface area (Å²) < 4.78 is 17.0. The van der Waals surface area contributed by atoms with Crippen LogP contribution in [-0.4, -0.2) is 19.8 Å². The van der Waals surface area contributed by atoms with E-state index in [-0.39, 0.29) is 19.8 Å². The second-order valence-electron chi connectivity index (χ2n) is 0.0833. The van der Waals surface area contributed by atoms with E-state index in [0.717, 1.165) is 0 Å². The zero-order valence-electron chi connectivity index (χ0n) is 1.32. The Hall–Kier alpha value is 0.951. The first-order valence-corrected chi connectivity index (χ1v) is 1.68. The molecule has 0 aliphatic rings. The maximum absolute atomic E-state index is 8.50. The summed E-state index contributed by atoms with van der Waals surface area (Å²) in [5.74, 6) is 0. The summed E-state index contributed by atoms with van der Waals surface area (Å²) in [6.45, 7) is 0. The van der Waals surface area contributed by atoms with Gasteiger partial charge in [0, 0.05) is 0 Å². The van der Waals surface area contributed by atoms with Gasteiger partial charge in [0.2, 0.25) is 0 Å². The third-order valence-electron chi connectivity index (χ3n) is 0. The molecule has 0 aromatic rings. The molecular weight excluding hydrogens is 150 g/mol. The number of hydrogen-bond donors (Lipinski definition) is 0. The zero-order chi connectivity index (χ0) is 2.71. The third kappa shape index (κ3) is 12.4. The van der Waals surface area contributed by atoms with Gasteiger partial charge in [0.15, 0.2) is 0 Å². The molecule has 0 rings (SSSR count). The molecule has 0 amide bonds. The van der Waals surface area contributed by atoms with Gasteiger partial charge in [-0.25, -0.2) is 0 Å². The van der Waals surface area contributed by atoms with E-state index >= 15 is 0 Å². The molecule has 0 spiro atoms. The average Bonchev–Trinajstić information content (AvgIpc) is 0.918. The molecule has 0 bridgehead atoms. The fraction of sp³-hybridized carbons (Fsp3) is 0. The molecule has 0 heterocycles. The van der Waals surface area contributed by atoms with Crippen LogP contribution in [0.4, 0.5) is 0 Å². The Labute approximate surface area is 45.6 Å². The van der Waals surface area contributed by atoms with Crippen molar-refractivity contribution in [2.45, 2.75) is 0 Å². The van der Waals surface area contributed by atoms with Crippen molar-refractivity contribution in [3.63, 3.8) is 0 Å². The zero-order valence-corrected chi connectivity index (χ0v) is 2.88. The van der Waals surface area contributed by atoms with Gasteiger partial charge in [0.25, 0.3) is 0 Å². The molecule has 0 radical (unpaired) electrons. The van der Waals surface area contributed by atoms with Gasteiger partial charge in [-0.1, -0.05) is 0 Å². The quantitative estimate of drug-likeness (QED) is 0.399. The second kappa shape index (κ2) is 9.04. The van der Waals surface area contributed by atoms with E-state index in [0.29, 0.717) is 0 Å². The Balaban J connectivity index is 0. The van der Waals surface area contributed by atoms with Gasteiger partial charge in [-0.2, -0.15) is 0 Å². The van der Waals surface area contributed by atoms with Crippen molar-refractivity contribution < 1.29 is 25.7 Å². The average molecular weight is 153 g/mol. The SMILES string of the molecule is [GaH3].[O]=[Ti]=[O]. The molecular formula is H3GaO2Ti. The van der Waals surface area contributed by atoms with Crippen molar-refractivity contribution >= 4 is 19.8 Å². The summed E-state index contributed by atoms with van der Waals surface area (Å²) in [5.41, 5.74) is 0. The van der Waals surface area contributed by atoms with Crippen LogP contribution in [0.15, 0.2) is 0 Å². The van der Waals surface area contributed by atoms with Gasteiger partial charge in [0.1, 0.15) is 0 Å². The fourth-order valence-electron chi connectivity index (χ4n) is 0. The number of rotatable bonds is 0. The summed E-state index contributed by atoms with van der Waals surface area (Å²) in [6.07, 6.45) is 0. The Morgan fingerprint density at radius 2 is 1.25 bits per heavy atom. The first kappa shape index (κ1) is 8.87. The van der Waals surface area contributed by atoms with E-state index < -0.39 is 19.1 Å². The summed E-state index contributed by atoms with van der Waals surface area (Å²) in [5, 5.41) is 0. The van der Waals surface area contributed by atoms with Crippen LogP contribution in [-0.2, 0) is 25.7 Å². The Morgan fingerprint density at radius 1 is 1.25 bits per heavy atom. The van der Waals surface area contributed by atoms with Crippen molar-refractivity contribution in [3.8, 4) is 0 Å². The van der Waals surface area contributed by atoms with Crippen molar-refractivity contribution in [1.82, 2.24) is 0 Å². The topological polar surface area (TPSA) is 34.1 Å². The van der Waals surface area contributed by atoms with Crippen molar-refractivity contribution in [2.75, 3.05) is 0 Å². The van der Waals surface area contributed by atoms with Crippen LogP contribution in [0.25, 0.3) is 0 Å². The van der Waals surface area contributed by atoms with Gasteiger partial charge in [0.05, 0.1) is 0 Å². The first-order valence-electron chi connectivity index (χ1n) is 0.408. The Kier molecular flexibility index (Phi) is 20.1. The standard InChI is InChI=1S/Ga.2O.Ti.3H. The monoisotopic (exact) mass is 152 g/mol. The van der Waals surface area contributed by atoms with E-state index in [2.05, 4.69) is 0 Å². The molecule has 0 unspecified atom stereocenters. The molecule has 0 fully saturated rings. The molecule has 0 aliphatic heterocycles. The summed E-state index contributed by atoms with van der Waals surface area (Å²) in [7, 11) is 0. The van der Waals surface area contributed by atoms with E-state index in [9.17, 15) is 0 Å². The minimum absolute atomic E-state index is 0. The van der Waals surface area contributed by atoms with Crippen molar-refractivity contribution in [1.29, 1.82) is 0 Å². The summed E-state index contributed by atoms with van der Waals surface area (Å²) in [4.78, 5) is 0. The predicted octanol–water partition coefficient (Wildman–Crippen LogP) is -1.42. The molecule has 4 heavy (non-hydrogen) atoms. The Bertz CT molecular complexity index is 27.0. The van der Waals surface area contributed by atoms with Crippen LogP contribution >= 0.6 is 0 Å². The molecule has 0 saturated heterocycles. The van der Waals surface area contributed by atoms with Crippen LogP contribution in [0.3, 0.4) is 0 Å². The van der Waals surface area contributed by atoms with Crippen molar-refractivity contribution in [3.05, 3.63) is 0 Å². The molecule has 0 aromatic heterocycles. The van der Waals surface area contributed by atoms with E-state index in [1.54, 1.807) is 0 Å². The van der Waals surface area contributed by atoms with E-state index in [1.807, 2.05) is 0 Å². The third-order valence-corrected chi connectivity index (χ3v) is 0. The molecule has 4 heteroatoms. The molecule has 2 nitrogen and oxygen atoms in total. The van der Waals surface area contributed by atoms with Crippen LogP contribution in [0, 0.1) is 0 Å². The van der Waals surface area contributed by atoms with Crippen LogP contribution in [0.1, 0.15) is 0 Å². The summed E-state index contributed by atoms with van der Waals surface area (Å²) in [6, 6.07) is 0. The molecule has 0 atom stereocenters. The summed E-state index contributed by atoms with van der Waals surface area (Å²) >= 11 is -2.00. The fourth-order valence-corrected chi connectivity index (χ4v) is 0. The first-order chi connectivity index (χ1) is 1.41. The van der Waals surface area contributed by atoms with E-state index in [4.69, 9.17) is 6.65 Å².